The molecule has 2 aromatic heterocycles. The smallest absolute Gasteiger partial charge is 0.191 e. The highest BCUT2D eigenvalue weighted by Gasteiger charge is 2.55. The highest BCUT2D eigenvalue weighted by Crippen LogP contribution is 2.48. The van der Waals surface area contributed by atoms with Gasteiger partial charge in [0.2, 0.25) is 0 Å². The van der Waals surface area contributed by atoms with Gasteiger partial charge in [-0.3, -0.25) is 0 Å². The van der Waals surface area contributed by atoms with Crippen molar-refractivity contribution < 1.29 is 13.9 Å². The van der Waals surface area contributed by atoms with E-state index >= 15 is 0 Å². The molecule has 3 heterocycles. The molecule has 2 aliphatic rings. The monoisotopic (exact) mass is 419 g/mol. The van der Waals surface area contributed by atoms with Crippen molar-refractivity contribution in [2.75, 3.05) is 12.3 Å². The van der Waals surface area contributed by atoms with Gasteiger partial charge in [0, 0.05) is 12.5 Å². The third-order valence-electron chi connectivity index (χ3n) is 6.76. The fraction of sp³-hybridized carbons (Fsp3) is 0.750. The Kier molecular flexibility index (Phi) is 4.81. The lowest BCUT2D eigenvalue weighted by Gasteiger charge is -2.37. The first-order chi connectivity index (χ1) is 13.4. The minimum atomic E-state index is -1.84. The summed E-state index contributed by atoms with van der Waals surface area (Å²) < 4.78 is 21.3. The highest BCUT2D eigenvalue weighted by atomic mass is 28.4. The maximum atomic E-state index is 6.56. The fourth-order valence-corrected chi connectivity index (χ4v) is 5.20. The van der Waals surface area contributed by atoms with Gasteiger partial charge >= 0.3 is 0 Å². The van der Waals surface area contributed by atoms with Crippen LogP contribution in [0.3, 0.4) is 0 Å². The minimum Gasteiger partial charge on any atom is -0.416 e. The van der Waals surface area contributed by atoms with Gasteiger partial charge in [-0.25, -0.2) is 15.0 Å². The van der Waals surface area contributed by atoms with Gasteiger partial charge in [0.15, 0.2) is 25.6 Å². The van der Waals surface area contributed by atoms with Crippen molar-refractivity contribution in [3.8, 4) is 0 Å². The number of hydrogen-bond acceptors (Lipinski definition) is 7. The Hall–Kier alpha value is -1.55. The minimum absolute atomic E-state index is 0.0172. The molecule has 8 nitrogen and oxygen atoms in total. The van der Waals surface area contributed by atoms with Crippen LogP contribution < -0.4 is 5.73 Å². The van der Waals surface area contributed by atoms with Gasteiger partial charge in [-0.2, -0.15) is 0 Å². The summed E-state index contributed by atoms with van der Waals surface area (Å²) in [6.07, 6.45) is 4.07. The summed E-state index contributed by atoms with van der Waals surface area (Å²) in [5.41, 5.74) is 7.35. The van der Waals surface area contributed by atoms with Crippen LogP contribution >= 0.6 is 0 Å². The molecule has 4 atom stereocenters. The van der Waals surface area contributed by atoms with Crippen LogP contribution in [0.5, 0.6) is 0 Å². The molecule has 1 aliphatic carbocycles. The lowest BCUT2D eigenvalue weighted by atomic mass is 10.1. The van der Waals surface area contributed by atoms with Gasteiger partial charge in [0.1, 0.15) is 17.9 Å². The van der Waals surface area contributed by atoms with E-state index in [2.05, 4.69) is 53.4 Å². The van der Waals surface area contributed by atoms with Gasteiger partial charge in [0.05, 0.1) is 18.5 Å². The average molecular weight is 420 g/mol. The van der Waals surface area contributed by atoms with Gasteiger partial charge in [-0.1, -0.05) is 20.8 Å². The standard InChI is InChI=1S/C20H33N5O3Si/c1-19(2,3)29(6,7)26-9-12-8-13(16-15(12)27-20(4,5)28-16)25-11-24-14-17(21)22-10-23-18(14)25/h10-13,15-16H,8-9H2,1-7H3,(H2,21,22,23). The van der Waals surface area contributed by atoms with E-state index in [4.69, 9.17) is 19.6 Å². The number of rotatable bonds is 4. The van der Waals surface area contributed by atoms with Crippen molar-refractivity contribution in [3.05, 3.63) is 12.7 Å². The second-order valence-electron chi connectivity index (χ2n) is 10.3. The molecule has 2 aromatic rings. The molecular formula is C20H33N5O3Si. The van der Waals surface area contributed by atoms with E-state index in [-0.39, 0.29) is 29.2 Å². The number of hydrogen-bond donors (Lipinski definition) is 1. The lowest BCUT2D eigenvalue weighted by Crippen LogP contribution is -2.43. The van der Waals surface area contributed by atoms with Crippen LogP contribution in [0.1, 0.15) is 47.1 Å². The molecule has 0 radical (unpaired) electrons. The van der Waals surface area contributed by atoms with Crippen LogP contribution in [-0.4, -0.2) is 52.4 Å². The first-order valence-corrected chi connectivity index (χ1v) is 13.2. The average Bonchev–Trinajstić information content (AvgIpc) is 3.24. The van der Waals surface area contributed by atoms with E-state index in [1.807, 2.05) is 13.8 Å². The van der Waals surface area contributed by atoms with Crippen LogP contribution in [0.4, 0.5) is 5.82 Å². The summed E-state index contributed by atoms with van der Waals surface area (Å²) in [5, 5.41) is 0.172. The molecule has 1 aliphatic heterocycles. The van der Waals surface area contributed by atoms with Crippen molar-refractivity contribution >= 4 is 25.3 Å². The van der Waals surface area contributed by atoms with E-state index in [1.165, 1.54) is 6.33 Å². The second-order valence-corrected chi connectivity index (χ2v) is 15.1. The Bertz CT molecular complexity index is 907. The van der Waals surface area contributed by atoms with Crippen molar-refractivity contribution in [3.63, 3.8) is 0 Å². The number of imidazole rings is 1. The topological polar surface area (TPSA) is 97.3 Å². The normalized spacial score (nSPS) is 29.5. The Balaban J connectivity index is 1.62. The largest absolute Gasteiger partial charge is 0.416 e. The number of nitrogens with zero attached hydrogens (tertiary/aromatic N) is 4. The lowest BCUT2D eigenvalue weighted by molar-refractivity contribution is -0.161. The molecule has 160 valence electrons. The summed E-state index contributed by atoms with van der Waals surface area (Å²) in [6, 6.07) is 0.0640. The molecule has 1 saturated carbocycles. The van der Waals surface area contributed by atoms with Gasteiger partial charge in [-0.15, -0.1) is 0 Å². The summed E-state index contributed by atoms with van der Waals surface area (Å²) in [7, 11) is -1.84. The number of fused-ring (bicyclic) bond motifs is 2. The quantitative estimate of drug-likeness (QED) is 0.757. The van der Waals surface area contributed by atoms with Crippen LogP contribution in [0, 0.1) is 5.92 Å². The first-order valence-electron chi connectivity index (χ1n) is 10.3. The number of anilines is 1. The van der Waals surface area contributed by atoms with Crippen LogP contribution in [-0.2, 0) is 13.9 Å². The fourth-order valence-electron chi connectivity index (χ4n) is 4.14. The van der Waals surface area contributed by atoms with Crippen LogP contribution in [0.25, 0.3) is 11.2 Å². The van der Waals surface area contributed by atoms with Crippen molar-refractivity contribution in [2.24, 2.45) is 5.92 Å². The third-order valence-corrected chi connectivity index (χ3v) is 11.3. The van der Waals surface area contributed by atoms with Crippen LogP contribution in [0.2, 0.25) is 18.1 Å². The second kappa shape index (κ2) is 6.73. The van der Waals surface area contributed by atoms with E-state index in [9.17, 15) is 0 Å². The molecule has 29 heavy (non-hydrogen) atoms. The number of ether oxygens (including phenoxy) is 2. The molecule has 0 aromatic carbocycles. The predicted molar refractivity (Wildman–Crippen MR) is 114 cm³/mol. The zero-order valence-electron chi connectivity index (χ0n) is 18.5. The number of nitrogen functional groups attached to an aromatic ring is 1. The number of aromatic nitrogens is 4. The molecule has 0 amide bonds. The van der Waals surface area contributed by atoms with E-state index < -0.39 is 14.1 Å². The molecule has 2 N–H and O–H groups in total. The summed E-state index contributed by atoms with van der Waals surface area (Å²) in [4.78, 5) is 12.9. The Morgan fingerprint density at radius 1 is 1.21 bits per heavy atom. The molecule has 9 heteroatoms. The summed E-state index contributed by atoms with van der Waals surface area (Å²) in [6.45, 7) is 16.0. The van der Waals surface area contributed by atoms with Gasteiger partial charge in [-0.05, 0) is 38.4 Å². The zero-order chi connectivity index (χ0) is 21.2. The Morgan fingerprint density at radius 3 is 2.59 bits per heavy atom. The third kappa shape index (κ3) is 3.58. The van der Waals surface area contributed by atoms with E-state index in [1.54, 1.807) is 6.33 Å². The molecule has 1 saturated heterocycles. The number of nitrogens with two attached hydrogens (primary N) is 1. The van der Waals surface area contributed by atoms with Crippen molar-refractivity contribution in [1.82, 2.24) is 19.5 Å². The van der Waals surface area contributed by atoms with E-state index in [0.717, 1.165) is 12.1 Å². The predicted octanol–water partition coefficient (Wildman–Crippen LogP) is 3.51. The Labute approximate surface area is 173 Å². The molecule has 2 fully saturated rings. The highest BCUT2D eigenvalue weighted by molar-refractivity contribution is 6.74. The SMILES string of the molecule is CC1(C)OC2C(CO[Si](C)(C)C(C)(C)C)CC(n3cnc4c(N)ncnc43)C2O1. The maximum Gasteiger partial charge on any atom is 0.191 e. The summed E-state index contributed by atoms with van der Waals surface area (Å²) >= 11 is 0. The van der Waals surface area contributed by atoms with Crippen LogP contribution in [0.15, 0.2) is 12.7 Å². The van der Waals surface area contributed by atoms with Crippen molar-refractivity contribution in [1.29, 1.82) is 0 Å². The molecular weight excluding hydrogens is 386 g/mol. The first kappa shape index (κ1) is 20.7. The van der Waals surface area contributed by atoms with Crippen molar-refractivity contribution in [2.45, 2.75) is 83.2 Å². The molecule has 0 spiro atoms. The maximum absolute atomic E-state index is 6.56. The molecule has 4 unspecified atom stereocenters. The van der Waals surface area contributed by atoms with E-state index in [0.29, 0.717) is 17.9 Å². The molecule has 0 bridgehead atoms. The summed E-state index contributed by atoms with van der Waals surface area (Å²) in [5.74, 6) is 0.0238. The Morgan fingerprint density at radius 2 is 1.90 bits per heavy atom. The van der Waals surface area contributed by atoms with Gasteiger partial charge < -0.3 is 24.2 Å². The zero-order valence-corrected chi connectivity index (χ0v) is 19.5. The molecule has 4 rings (SSSR count). The van der Waals surface area contributed by atoms with Gasteiger partial charge in [0.25, 0.3) is 0 Å².